The number of carbonyl (C=O) groups excluding carboxylic acids is 2. The molecule has 4 nitrogen and oxygen atoms in total. The first-order valence-electron chi connectivity index (χ1n) is 6.27. The molecular weight excluding hydrogens is 391 g/mol. The number of carbonyl (C=O) groups is 2. The second-order valence-corrected chi connectivity index (χ2v) is 5.90. The monoisotopic (exact) mass is 416 g/mol. The number of carboxylic acid groups (broad SMARTS) is 2. The Kier molecular flexibility index (Phi) is 30.3. The molecule has 0 heterocycles. The number of thiol groups is 2. The summed E-state index contributed by atoms with van der Waals surface area (Å²) in [6.45, 7) is 2.27. The average molecular weight is 415 g/mol. The van der Waals surface area contributed by atoms with Crippen LogP contribution in [0.5, 0.6) is 0 Å². The van der Waals surface area contributed by atoms with E-state index < -0.39 is 11.9 Å². The zero-order chi connectivity index (χ0) is 15.5. The van der Waals surface area contributed by atoms with Crippen LogP contribution >= 0.6 is 25.3 Å². The molecule has 0 spiro atoms. The summed E-state index contributed by atoms with van der Waals surface area (Å²) in [6, 6.07) is 0. The van der Waals surface area contributed by atoms with Crippen LogP contribution in [0, 0.1) is 0 Å². The molecule has 0 atom stereocenters. The molecule has 0 aromatic carbocycles. The summed E-state index contributed by atoms with van der Waals surface area (Å²) >= 11 is 8.17. The van der Waals surface area contributed by atoms with Crippen molar-refractivity contribution in [2.75, 3.05) is 11.5 Å². The molecule has 0 aliphatic rings. The second kappa shape index (κ2) is 23.5. The van der Waals surface area contributed by atoms with E-state index in [9.17, 15) is 19.8 Å². The van der Waals surface area contributed by atoms with Gasteiger partial charge < -0.3 is 19.8 Å². The zero-order valence-corrected chi connectivity index (χ0v) is 16.6. The van der Waals surface area contributed by atoms with Crippen LogP contribution in [0.3, 0.4) is 0 Å². The molecule has 0 radical (unpaired) electrons. The molecule has 0 amide bonds. The largest absolute Gasteiger partial charge is 0.549 e. The normalized spacial score (nSPS) is 8.53. The van der Waals surface area contributed by atoms with E-state index >= 15 is 0 Å². The van der Waals surface area contributed by atoms with Gasteiger partial charge in [0.05, 0.1) is 11.9 Å². The first-order valence-corrected chi connectivity index (χ1v) is 9.87. The molecule has 0 saturated heterocycles. The van der Waals surface area contributed by atoms with E-state index in [0.29, 0.717) is 0 Å². The van der Waals surface area contributed by atoms with Crippen molar-refractivity contribution in [3.8, 4) is 0 Å². The van der Waals surface area contributed by atoms with Gasteiger partial charge in [0.25, 0.3) is 0 Å². The molecule has 0 rings (SSSR count). The van der Waals surface area contributed by atoms with Gasteiger partial charge in [0, 0.05) is 11.5 Å². The van der Waals surface area contributed by atoms with Crippen LogP contribution in [0.4, 0.5) is 0 Å². The minimum absolute atomic E-state index is 0.194. The number of unbranched alkanes of at least 4 members (excludes halogenated alkanes) is 5. The number of hydrogen-bond acceptors (Lipinski definition) is 6. The number of aliphatic carboxylic acids is 2. The minimum Gasteiger partial charge on any atom is -0.549 e. The molecule has 0 N–H and O–H groups in total. The Morgan fingerprint density at radius 2 is 1.21 bits per heavy atom. The minimum atomic E-state index is -1.13. The fourth-order valence-corrected chi connectivity index (χ4v) is 1.75. The SMILES string of the molecule is CCCCCCC[CH2][SnH+2].O=C([O-])CS.O=C([O-])CS. The van der Waals surface area contributed by atoms with Gasteiger partial charge in [-0.3, -0.25) is 0 Å². The molecule has 0 aliphatic heterocycles. The molecule has 0 aliphatic carbocycles. The number of hydrogen-bond donors (Lipinski definition) is 2. The molecule has 7 heteroatoms. The molecule has 0 aromatic rings. The maximum absolute atomic E-state index is 9.18. The molecule has 0 aromatic heterocycles. The van der Waals surface area contributed by atoms with Gasteiger partial charge in [0.15, 0.2) is 0 Å². The van der Waals surface area contributed by atoms with Crippen LogP contribution < -0.4 is 10.2 Å². The van der Waals surface area contributed by atoms with Gasteiger partial charge in [-0.1, -0.05) is 0 Å². The van der Waals surface area contributed by atoms with Crippen LogP contribution in [0.25, 0.3) is 0 Å². The summed E-state index contributed by atoms with van der Waals surface area (Å²) in [4.78, 5) is 18.4. The Morgan fingerprint density at radius 1 is 0.895 bits per heavy atom. The van der Waals surface area contributed by atoms with Crippen LogP contribution in [-0.2, 0) is 9.59 Å². The van der Waals surface area contributed by atoms with Gasteiger partial charge in [-0.15, -0.1) is 0 Å². The fourth-order valence-electron chi connectivity index (χ4n) is 0.925. The van der Waals surface area contributed by atoms with Crippen molar-refractivity contribution in [3.63, 3.8) is 0 Å². The third kappa shape index (κ3) is 45.7. The van der Waals surface area contributed by atoms with Gasteiger partial charge >= 0.3 is 72.4 Å². The van der Waals surface area contributed by atoms with E-state index in [2.05, 4.69) is 32.2 Å². The van der Waals surface area contributed by atoms with Crippen LogP contribution in [0.1, 0.15) is 45.4 Å². The average Bonchev–Trinajstić information content (AvgIpc) is 2.40. The van der Waals surface area contributed by atoms with E-state index in [4.69, 9.17) is 0 Å². The van der Waals surface area contributed by atoms with Crippen molar-refractivity contribution in [2.45, 2.75) is 49.9 Å². The molecule has 19 heavy (non-hydrogen) atoms. The molecular formula is C12H24O4S2Sn. The predicted molar refractivity (Wildman–Crippen MR) is 83.1 cm³/mol. The van der Waals surface area contributed by atoms with Gasteiger partial charge in [-0.25, -0.2) is 0 Å². The van der Waals surface area contributed by atoms with Gasteiger partial charge in [-0.2, -0.15) is 25.3 Å². The van der Waals surface area contributed by atoms with E-state index in [1.807, 2.05) is 0 Å². The summed E-state index contributed by atoms with van der Waals surface area (Å²) in [5.74, 6) is -2.65. The van der Waals surface area contributed by atoms with Crippen molar-refractivity contribution in [1.82, 2.24) is 0 Å². The second-order valence-electron chi connectivity index (χ2n) is 3.62. The Morgan fingerprint density at radius 3 is 1.47 bits per heavy atom. The number of carboxylic acids is 2. The van der Waals surface area contributed by atoms with Crippen molar-refractivity contribution < 1.29 is 19.8 Å². The van der Waals surface area contributed by atoms with E-state index in [1.165, 1.54) is 65.5 Å². The molecule has 0 fully saturated rings. The summed E-state index contributed by atoms with van der Waals surface area (Å²) in [7, 11) is 0. The Balaban J connectivity index is -0.000000219. The van der Waals surface area contributed by atoms with Crippen molar-refractivity contribution in [2.24, 2.45) is 0 Å². The standard InChI is InChI=1S/C8H17.2C2H4O2S.Sn.H/c1-3-5-7-8-6-4-2;2*3-2(4)1-5;;/h1,3-8H2,2H3;2*5H,1H2,(H,3,4);;/q;;;+2;/p-2. The molecule has 0 saturated carbocycles. The molecule has 112 valence electrons. The Bertz CT molecular complexity index is 184. The van der Waals surface area contributed by atoms with Gasteiger partial charge in [-0.05, 0) is 0 Å². The Labute approximate surface area is 140 Å². The predicted octanol–water partition coefficient (Wildman–Crippen LogP) is -0.00180. The van der Waals surface area contributed by atoms with Gasteiger partial charge in [0.2, 0.25) is 0 Å². The zero-order valence-electron chi connectivity index (χ0n) is 11.5. The maximum atomic E-state index is 9.18. The van der Waals surface area contributed by atoms with Crippen LogP contribution in [-0.4, -0.2) is 46.0 Å². The van der Waals surface area contributed by atoms with E-state index in [-0.39, 0.29) is 11.5 Å². The fraction of sp³-hybridized carbons (Fsp3) is 0.833. The Hall–Kier alpha value is 0.439. The van der Waals surface area contributed by atoms with E-state index in [1.54, 1.807) is 0 Å². The summed E-state index contributed by atoms with van der Waals surface area (Å²) in [5.41, 5.74) is 0. The third-order valence-electron chi connectivity index (χ3n) is 1.82. The van der Waals surface area contributed by atoms with Crippen molar-refractivity contribution in [3.05, 3.63) is 0 Å². The summed E-state index contributed by atoms with van der Waals surface area (Å²) in [5, 5.41) is 18.4. The van der Waals surface area contributed by atoms with E-state index in [0.717, 1.165) is 0 Å². The first kappa shape index (κ1) is 24.5. The first-order chi connectivity index (χ1) is 8.95. The third-order valence-corrected chi connectivity index (χ3v) is 3.50. The summed E-state index contributed by atoms with van der Waals surface area (Å²) in [6.07, 6.45) is 8.75. The van der Waals surface area contributed by atoms with Crippen LogP contribution in [0.2, 0.25) is 4.44 Å². The maximum Gasteiger partial charge on any atom is 0.0510 e. The quantitative estimate of drug-likeness (QED) is 0.332. The number of rotatable bonds is 8. The summed E-state index contributed by atoms with van der Waals surface area (Å²) < 4.78 is 1.50. The smallest absolute Gasteiger partial charge is 0.0510 e. The van der Waals surface area contributed by atoms with Crippen molar-refractivity contribution in [1.29, 1.82) is 0 Å². The topological polar surface area (TPSA) is 80.3 Å². The van der Waals surface area contributed by atoms with Crippen LogP contribution in [0.15, 0.2) is 0 Å². The van der Waals surface area contributed by atoms with Gasteiger partial charge in [0.1, 0.15) is 0 Å². The molecule has 0 unspecified atom stereocenters. The molecule has 0 bridgehead atoms. The van der Waals surface area contributed by atoms with Crippen molar-refractivity contribution >= 4 is 59.7 Å².